The molecule has 3 aromatic rings. The van der Waals surface area contributed by atoms with E-state index in [2.05, 4.69) is 25.7 Å². The van der Waals surface area contributed by atoms with Crippen molar-refractivity contribution >= 4 is 23.4 Å². The third kappa shape index (κ3) is 4.24. The second-order valence-corrected chi connectivity index (χ2v) is 7.77. The fourth-order valence-corrected chi connectivity index (χ4v) is 3.68. The van der Waals surface area contributed by atoms with Gasteiger partial charge in [0, 0.05) is 25.4 Å². The summed E-state index contributed by atoms with van der Waals surface area (Å²) in [4.78, 5) is 22.8. The van der Waals surface area contributed by atoms with Gasteiger partial charge in [0.05, 0.1) is 24.5 Å². The maximum atomic E-state index is 13.4. The zero-order valence-corrected chi connectivity index (χ0v) is 17.8. The number of nitrogens with one attached hydrogen (secondary N) is 2. The molecule has 32 heavy (non-hydrogen) atoms. The van der Waals surface area contributed by atoms with Gasteiger partial charge in [-0.1, -0.05) is 6.07 Å². The number of hydrogen-bond donors (Lipinski definition) is 3. The number of rotatable bonds is 6. The molecular weight excluding hydrogens is 420 g/mol. The van der Waals surface area contributed by atoms with Gasteiger partial charge in [-0.05, 0) is 31.5 Å². The Labute approximate surface area is 183 Å². The lowest BCUT2D eigenvalue weighted by molar-refractivity contribution is -0.119. The number of fused-ring (bicyclic) bond motifs is 1. The molecule has 1 amide bonds. The first-order valence-corrected chi connectivity index (χ1v) is 10.0. The van der Waals surface area contributed by atoms with Crippen LogP contribution in [-0.2, 0) is 17.9 Å². The first kappa shape index (κ1) is 21.6. The first-order valence-electron chi connectivity index (χ1n) is 10.0. The standard InChI is InChI=1S/C21H23F2N7O2/c1-11-17-19(29(3)18(12(2)31)20(32)27-17)28-21(26-11)24-7-14-8-25-30(10-14)9-13-4-5-15(22)16(23)6-13/h4-6,8,10,12,18,31H,7,9H2,1-3H3,(H,27,32)(H,24,26,28)/t12-,18-/m0/s1. The number of halogens is 2. The minimum absolute atomic E-state index is 0.302. The Balaban J connectivity index is 1.46. The average molecular weight is 443 g/mol. The third-order valence-electron chi connectivity index (χ3n) is 5.26. The predicted molar refractivity (Wildman–Crippen MR) is 114 cm³/mol. The molecule has 168 valence electrons. The normalized spacial score (nSPS) is 16.5. The molecule has 1 aromatic carbocycles. The van der Waals surface area contributed by atoms with Crippen LogP contribution in [0.5, 0.6) is 0 Å². The van der Waals surface area contributed by atoms with Crippen LogP contribution in [0.15, 0.2) is 30.6 Å². The Hall–Kier alpha value is -3.60. The molecule has 0 saturated carbocycles. The predicted octanol–water partition coefficient (Wildman–Crippen LogP) is 2.06. The summed E-state index contributed by atoms with van der Waals surface area (Å²) in [5, 5.41) is 20.1. The molecule has 3 N–H and O–H groups in total. The number of likely N-dealkylation sites (N-methyl/N-ethyl adjacent to an activating group) is 1. The van der Waals surface area contributed by atoms with E-state index < -0.39 is 23.8 Å². The van der Waals surface area contributed by atoms with Crippen molar-refractivity contribution < 1.29 is 18.7 Å². The van der Waals surface area contributed by atoms with Crippen molar-refractivity contribution in [3.63, 3.8) is 0 Å². The fourth-order valence-electron chi connectivity index (χ4n) is 3.68. The molecular formula is C21H23F2N7O2. The van der Waals surface area contributed by atoms with Crippen molar-refractivity contribution in [1.29, 1.82) is 0 Å². The lowest BCUT2D eigenvalue weighted by atomic mass is 10.1. The molecule has 0 aliphatic carbocycles. The zero-order valence-electron chi connectivity index (χ0n) is 17.8. The summed E-state index contributed by atoms with van der Waals surface area (Å²) in [5.41, 5.74) is 2.54. The molecule has 0 radical (unpaired) electrons. The lowest BCUT2D eigenvalue weighted by Crippen LogP contribution is -2.52. The number of carbonyl (C=O) groups is 1. The van der Waals surface area contributed by atoms with Crippen molar-refractivity contribution in [3.05, 3.63) is 59.0 Å². The molecule has 0 bridgehead atoms. The summed E-state index contributed by atoms with van der Waals surface area (Å²) in [5.74, 6) is -1.21. The zero-order chi connectivity index (χ0) is 23.0. The second kappa shape index (κ2) is 8.50. The van der Waals surface area contributed by atoms with E-state index in [0.717, 1.165) is 17.7 Å². The number of aliphatic hydroxyl groups excluding tert-OH is 1. The van der Waals surface area contributed by atoms with Gasteiger partial charge in [0.25, 0.3) is 0 Å². The number of carbonyl (C=O) groups excluding carboxylic acids is 1. The van der Waals surface area contributed by atoms with Crippen LogP contribution in [0.25, 0.3) is 0 Å². The highest BCUT2D eigenvalue weighted by Gasteiger charge is 2.36. The van der Waals surface area contributed by atoms with Gasteiger partial charge in [-0.2, -0.15) is 10.1 Å². The topological polar surface area (TPSA) is 108 Å². The van der Waals surface area contributed by atoms with Gasteiger partial charge in [0.15, 0.2) is 17.5 Å². The van der Waals surface area contributed by atoms with E-state index in [0.29, 0.717) is 41.8 Å². The summed E-state index contributed by atoms with van der Waals surface area (Å²) >= 11 is 0. The number of anilines is 3. The molecule has 0 fully saturated rings. The maximum Gasteiger partial charge on any atom is 0.249 e. The molecule has 0 spiro atoms. The Kier molecular flexibility index (Phi) is 5.74. The minimum atomic E-state index is -0.893. The van der Waals surface area contributed by atoms with Gasteiger partial charge in [-0.15, -0.1) is 0 Å². The van der Waals surface area contributed by atoms with E-state index in [1.54, 1.807) is 42.9 Å². The maximum absolute atomic E-state index is 13.4. The summed E-state index contributed by atoms with van der Waals surface area (Å²) in [6.45, 7) is 4.00. The molecule has 3 heterocycles. The van der Waals surface area contributed by atoms with Gasteiger partial charge in [-0.3, -0.25) is 9.48 Å². The highest BCUT2D eigenvalue weighted by Crippen LogP contribution is 2.33. The van der Waals surface area contributed by atoms with Crippen molar-refractivity contribution in [1.82, 2.24) is 19.7 Å². The van der Waals surface area contributed by atoms with Crippen LogP contribution >= 0.6 is 0 Å². The Morgan fingerprint density at radius 1 is 1.25 bits per heavy atom. The van der Waals surface area contributed by atoms with Crippen LogP contribution < -0.4 is 15.5 Å². The fraction of sp³-hybridized carbons (Fsp3) is 0.333. The van der Waals surface area contributed by atoms with Crippen molar-refractivity contribution in [2.45, 2.75) is 39.1 Å². The average Bonchev–Trinajstić information content (AvgIpc) is 3.17. The van der Waals surface area contributed by atoms with E-state index in [1.165, 1.54) is 6.07 Å². The van der Waals surface area contributed by atoms with Crippen molar-refractivity contribution in [3.8, 4) is 0 Å². The first-order chi connectivity index (χ1) is 15.2. The van der Waals surface area contributed by atoms with Gasteiger partial charge < -0.3 is 20.6 Å². The van der Waals surface area contributed by atoms with Crippen LogP contribution in [0.3, 0.4) is 0 Å². The molecule has 1 aliphatic heterocycles. The number of nitrogens with zero attached hydrogens (tertiary/aromatic N) is 5. The number of aromatic nitrogens is 4. The van der Waals surface area contributed by atoms with Crippen molar-refractivity contribution in [2.75, 3.05) is 22.6 Å². The van der Waals surface area contributed by atoms with Crippen LogP contribution in [0, 0.1) is 18.6 Å². The molecule has 2 atom stereocenters. The summed E-state index contributed by atoms with van der Waals surface area (Å²) in [6, 6.07) is 3.00. The Morgan fingerprint density at radius 3 is 2.75 bits per heavy atom. The second-order valence-electron chi connectivity index (χ2n) is 7.77. The third-order valence-corrected chi connectivity index (χ3v) is 5.26. The monoisotopic (exact) mass is 443 g/mol. The van der Waals surface area contributed by atoms with Gasteiger partial charge >= 0.3 is 0 Å². The minimum Gasteiger partial charge on any atom is -0.391 e. The number of hydrogen-bond acceptors (Lipinski definition) is 7. The number of aryl methyl sites for hydroxylation is 1. The molecule has 11 heteroatoms. The van der Waals surface area contributed by atoms with E-state index in [9.17, 15) is 18.7 Å². The molecule has 2 aromatic heterocycles. The van der Waals surface area contributed by atoms with Crippen LogP contribution in [0.4, 0.5) is 26.2 Å². The van der Waals surface area contributed by atoms with Gasteiger partial charge in [0.1, 0.15) is 11.7 Å². The Morgan fingerprint density at radius 2 is 2.03 bits per heavy atom. The quantitative estimate of drug-likeness (QED) is 0.535. The van der Waals surface area contributed by atoms with E-state index >= 15 is 0 Å². The van der Waals surface area contributed by atoms with Crippen LogP contribution in [-0.4, -0.2) is 50.0 Å². The van der Waals surface area contributed by atoms with Crippen molar-refractivity contribution in [2.24, 2.45) is 0 Å². The number of benzene rings is 1. The van der Waals surface area contributed by atoms with E-state index in [-0.39, 0.29) is 5.91 Å². The SMILES string of the molecule is Cc1nc(NCc2cnn(Cc3ccc(F)c(F)c3)c2)nc2c1NC(=O)[C@H]([C@H](C)O)N2C. The van der Waals surface area contributed by atoms with Gasteiger partial charge in [-0.25, -0.2) is 13.8 Å². The number of amides is 1. The number of aliphatic hydroxyl groups is 1. The lowest BCUT2D eigenvalue weighted by Gasteiger charge is -2.36. The highest BCUT2D eigenvalue weighted by atomic mass is 19.2. The van der Waals surface area contributed by atoms with Crippen LogP contribution in [0.1, 0.15) is 23.7 Å². The molecule has 1 aliphatic rings. The van der Waals surface area contributed by atoms with Crippen LogP contribution in [0.2, 0.25) is 0 Å². The highest BCUT2D eigenvalue weighted by molar-refractivity contribution is 6.03. The summed E-state index contributed by atoms with van der Waals surface area (Å²) < 4.78 is 28.1. The Bertz CT molecular complexity index is 1170. The summed E-state index contributed by atoms with van der Waals surface area (Å²) in [6.07, 6.45) is 2.57. The largest absolute Gasteiger partial charge is 0.391 e. The molecule has 0 unspecified atom stereocenters. The smallest absolute Gasteiger partial charge is 0.249 e. The summed E-state index contributed by atoms with van der Waals surface area (Å²) in [7, 11) is 1.70. The molecule has 0 saturated heterocycles. The van der Waals surface area contributed by atoms with E-state index in [1.807, 2.05) is 0 Å². The molecule has 9 nitrogen and oxygen atoms in total. The van der Waals surface area contributed by atoms with Gasteiger partial charge in [0.2, 0.25) is 11.9 Å². The van der Waals surface area contributed by atoms with E-state index in [4.69, 9.17) is 0 Å². The molecule has 4 rings (SSSR count).